The first kappa shape index (κ1) is 31.3. The summed E-state index contributed by atoms with van der Waals surface area (Å²) in [5.74, 6) is -0.847. The molecule has 5 aromatic rings. The molecule has 0 radical (unpaired) electrons. The third-order valence-electron chi connectivity index (χ3n) is 6.48. The van der Waals surface area contributed by atoms with E-state index in [0.29, 0.717) is 28.5 Å². The van der Waals surface area contributed by atoms with Gasteiger partial charge in [-0.25, -0.2) is 4.39 Å². The molecule has 7 nitrogen and oxygen atoms in total. The summed E-state index contributed by atoms with van der Waals surface area (Å²) >= 11 is 7.11. The molecule has 0 bridgehead atoms. The van der Waals surface area contributed by atoms with Crippen molar-refractivity contribution in [3.63, 3.8) is 0 Å². The zero-order chi connectivity index (χ0) is 31.8. The quantitative estimate of drug-likeness (QED) is 0.105. The summed E-state index contributed by atoms with van der Waals surface area (Å²) in [6.07, 6.45) is 1.47. The highest BCUT2D eigenvalue weighted by atomic mass is 35.5. The molecule has 0 aliphatic rings. The van der Waals surface area contributed by atoms with Crippen LogP contribution >= 0.6 is 23.4 Å². The molecule has 45 heavy (non-hydrogen) atoms. The van der Waals surface area contributed by atoms with E-state index in [9.17, 15) is 18.8 Å². The molecular weight excluding hydrogens is 613 g/mol. The number of benzene rings is 4. The lowest BCUT2D eigenvalue weighted by Gasteiger charge is -2.13. The smallest absolute Gasteiger partial charge is 0.272 e. The fraction of sp³-hybridized carbons (Fsp3) is 0.0571. The van der Waals surface area contributed by atoms with E-state index in [1.807, 2.05) is 30.3 Å². The molecule has 1 unspecified atom stereocenters. The predicted octanol–water partition coefficient (Wildman–Crippen LogP) is 8.27. The molecule has 0 saturated carbocycles. The zero-order valence-corrected chi connectivity index (χ0v) is 25.5. The molecule has 0 spiro atoms. The second-order valence-electron chi connectivity index (χ2n) is 9.80. The topological polar surface area (TPSA) is 100 Å². The van der Waals surface area contributed by atoms with Gasteiger partial charge in [0.2, 0.25) is 5.91 Å². The van der Waals surface area contributed by atoms with Crippen LogP contribution in [0.1, 0.15) is 23.0 Å². The first-order chi connectivity index (χ1) is 21.7. The number of furan rings is 1. The Labute approximate surface area is 268 Å². The van der Waals surface area contributed by atoms with Crippen LogP contribution in [0.25, 0.3) is 17.4 Å². The van der Waals surface area contributed by atoms with Gasteiger partial charge in [-0.15, -0.1) is 11.8 Å². The van der Waals surface area contributed by atoms with Crippen molar-refractivity contribution in [3.8, 4) is 11.3 Å². The molecule has 1 atom stereocenters. The lowest BCUT2D eigenvalue weighted by Crippen LogP contribution is -2.30. The molecule has 1 heterocycles. The first-order valence-electron chi connectivity index (χ1n) is 13.8. The Morgan fingerprint density at radius 3 is 2.18 bits per heavy atom. The Hall–Kier alpha value is -5.12. The van der Waals surface area contributed by atoms with Crippen molar-refractivity contribution in [1.82, 2.24) is 5.32 Å². The summed E-state index contributed by atoms with van der Waals surface area (Å²) < 4.78 is 19.4. The van der Waals surface area contributed by atoms with Gasteiger partial charge in [0.05, 0.1) is 10.3 Å². The third kappa shape index (κ3) is 8.50. The van der Waals surface area contributed by atoms with Crippen LogP contribution in [0.4, 0.5) is 15.8 Å². The number of hydrogen-bond acceptors (Lipinski definition) is 5. The average molecular weight is 640 g/mol. The third-order valence-corrected chi connectivity index (χ3v) is 7.88. The highest BCUT2D eigenvalue weighted by Gasteiger charge is 2.18. The summed E-state index contributed by atoms with van der Waals surface area (Å²) in [7, 11) is 0. The molecular formula is C35H27ClFN3O4S. The second-order valence-corrected chi connectivity index (χ2v) is 11.6. The standard InChI is InChI=1S/C35H27ClFN3O4S/c1-22(33(41)39-26-14-18-30(37)29(36)20-26)45-28-16-12-25(13-17-28)38-35(43)31(40-34(42)24-10-6-3-7-11-24)21-27-15-19-32(44-27)23-8-4-2-5-9-23/h2-22H,1H3,(H,38,43)(H,39,41)(H,40,42)/b31-21+. The number of amides is 3. The summed E-state index contributed by atoms with van der Waals surface area (Å²) in [6, 6.07) is 32.5. The fourth-order valence-corrected chi connectivity index (χ4v) is 5.21. The van der Waals surface area contributed by atoms with Crippen LogP contribution < -0.4 is 16.0 Å². The van der Waals surface area contributed by atoms with Crippen molar-refractivity contribution in [2.45, 2.75) is 17.1 Å². The van der Waals surface area contributed by atoms with Gasteiger partial charge in [0, 0.05) is 33.5 Å². The summed E-state index contributed by atoms with van der Waals surface area (Å²) in [5, 5.41) is 7.67. The maximum absolute atomic E-state index is 13.4. The van der Waals surface area contributed by atoms with E-state index in [1.165, 1.54) is 36.0 Å². The number of carbonyl (C=O) groups is 3. The molecule has 3 N–H and O–H groups in total. The van der Waals surface area contributed by atoms with Crippen molar-refractivity contribution >= 4 is 58.5 Å². The summed E-state index contributed by atoms with van der Waals surface area (Å²) in [5.41, 5.74) is 2.13. The van der Waals surface area contributed by atoms with Gasteiger partial charge < -0.3 is 20.4 Å². The largest absolute Gasteiger partial charge is 0.457 e. The van der Waals surface area contributed by atoms with Gasteiger partial charge in [-0.3, -0.25) is 14.4 Å². The molecule has 0 saturated heterocycles. The number of hydrogen-bond donors (Lipinski definition) is 3. The average Bonchev–Trinajstić information content (AvgIpc) is 3.53. The van der Waals surface area contributed by atoms with Gasteiger partial charge in [-0.2, -0.15) is 0 Å². The Morgan fingerprint density at radius 2 is 1.49 bits per heavy atom. The van der Waals surface area contributed by atoms with E-state index in [0.717, 1.165) is 10.5 Å². The van der Waals surface area contributed by atoms with E-state index in [4.69, 9.17) is 16.0 Å². The maximum atomic E-state index is 13.4. The molecule has 3 amide bonds. The first-order valence-corrected chi connectivity index (χ1v) is 15.1. The van der Waals surface area contributed by atoms with Crippen molar-refractivity contribution in [2.75, 3.05) is 10.6 Å². The predicted molar refractivity (Wildman–Crippen MR) is 176 cm³/mol. The van der Waals surface area contributed by atoms with Crippen LogP contribution in [-0.4, -0.2) is 23.0 Å². The molecule has 10 heteroatoms. The van der Waals surface area contributed by atoms with Crippen LogP contribution in [-0.2, 0) is 9.59 Å². The second kappa shape index (κ2) is 14.6. The number of anilines is 2. The van der Waals surface area contributed by atoms with Gasteiger partial charge in [-0.1, -0.05) is 60.1 Å². The van der Waals surface area contributed by atoms with Crippen LogP contribution in [0.2, 0.25) is 5.02 Å². The monoisotopic (exact) mass is 639 g/mol. The Bertz CT molecular complexity index is 1840. The van der Waals surface area contributed by atoms with Crippen molar-refractivity contribution in [2.24, 2.45) is 0 Å². The number of carbonyl (C=O) groups excluding carboxylic acids is 3. The normalized spacial score (nSPS) is 11.8. The van der Waals surface area contributed by atoms with E-state index >= 15 is 0 Å². The summed E-state index contributed by atoms with van der Waals surface area (Å²) in [4.78, 5) is 39.8. The highest BCUT2D eigenvalue weighted by molar-refractivity contribution is 8.00. The Morgan fingerprint density at radius 1 is 0.822 bits per heavy atom. The molecule has 4 aromatic carbocycles. The Balaban J connectivity index is 1.27. The van der Waals surface area contributed by atoms with Crippen LogP contribution in [0.5, 0.6) is 0 Å². The molecule has 5 rings (SSSR count). The van der Waals surface area contributed by atoms with Crippen LogP contribution in [0.15, 0.2) is 130 Å². The van der Waals surface area contributed by atoms with Crippen LogP contribution in [0, 0.1) is 5.82 Å². The van der Waals surface area contributed by atoms with Gasteiger partial charge in [0.1, 0.15) is 23.0 Å². The number of rotatable bonds is 10. The molecule has 0 aliphatic heterocycles. The number of halogens is 2. The molecule has 1 aromatic heterocycles. The fourth-order valence-electron chi connectivity index (χ4n) is 4.16. The summed E-state index contributed by atoms with van der Waals surface area (Å²) in [6.45, 7) is 1.74. The van der Waals surface area contributed by atoms with Crippen molar-refractivity contribution in [1.29, 1.82) is 0 Å². The minimum Gasteiger partial charge on any atom is -0.457 e. The van der Waals surface area contributed by atoms with E-state index in [-0.39, 0.29) is 16.6 Å². The lowest BCUT2D eigenvalue weighted by atomic mass is 10.2. The Kier molecular flexibility index (Phi) is 10.1. The van der Waals surface area contributed by atoms with E-state index < -0.39 is 22.9 Å². The minimum absolute atomic E-state index is 0.0116. The lowest BCUT2D eigenvalue weighted by molar-refractivity contribution is -0.115. The number of nitrogens with one attached hydrogen (secondary N) is 3. The van der Waals surface area contributed by atoms with E-state index in [1.54, 1.807) is 73.7 Å². The SMILES string of the molecule is CC(Sc1ccc(NC(=O)/C(=C\c2ccc(-c3ccccc3)o2)NC(=O)c2ccccc2)cc1)C(=O)Nc1ccc(F)c(Cl)c1. The minimum atomic E-state index is -0.566. The maximum Gasteiger partial charge on any atom is 0.272 e. The number of thioether (sulfide) groups is 1. The highest BCUT2D eigenvalue weighted by Crippen LogP contribution is 2.27. The van der Waals surface area contributed by atoms with Gasteiger partial charge in [0.15, 0.2) is 0 Å². The zero-order valence-electron chi connectivity index (χ0n) is 23.9. The van der Waals surface area contributed by atoms with Gasteiger partial charge in [0.25, 0.3) is 11.8 Å². The van der Waals surface area contributed by atoms with Crippen molar-refractivity contribution in [3.05, 3.63) is 143 Å². The van der Waals surface area contributed by atoms with Gasteiger partial charge >= 0.3 is 0 Å². The van der Waals surface area contributed by atoms with Crippen molar-refractivity contribution < 1.29 is 23.2 Å². The molecule has 226 valence electrons. The molecule has 0 aliphatic carbocycles. The molecule has 0 fully saturated rings. The van der Waals surface area contributed by atoms with Crippen LogP contribution in [0.3, 0.4) is 0 Å². The van der Waals surface area contributed by atoms with Gasteiger partial charge in [-0.05, 0) is 73.7 Å². The van der Waals surface area contributed by atoms with E-state index in [2.05, 4.69) is 16.0 Å².